The first-order chi connectivity index (χ1) is 35.0. The number of carboxylic acids is 1. The van der Waals surface area contributed by atoms with Crippen molar-refractivity contribution in [2.24, 2.45) is 0 Å². The summed E-state index contributed by atoms with van der Waals surface area (Å²) in [6.45, 7) is 14.5. The summed E-state index contributed by atoms with van der Waals surface area (Å²) < 4.78 is 6.24. The van der Waals surface area contributed by atoms with E-state index in [4.69, 9.17) is 4.74 Å². The van der Waals surface area contributed by atoms with Gasteiger partial charge in [-0.05, 0) is 121 Å². The van der Waals surface area contributed by atoms with Gasteiger partial charge >= 0.3 is 5.97 Å². The van der Waals surface area contributed by atoms with E-state index in [0.717, 1.165) is 90.7 Å². The third-order valence-corrected chi connectivity index (χ3v) is 19.2. The summed E-state index contributed by atoms with van der Waals surface area (Å²) in [5.41, 5.74) is 9.41. The van der Waals surface area contributed by atoms with Crippen molar-refractivity contribution >= 4 is 80.8 Å². The number of para-hydroxylation sites is 1. The zero-order valence-electron chi connectivity index (χ0n) is 43.3. The van der Waals surface area contributed by atoms with E-state index in [1.165, 1.54) is 128 Å². The van der Waals surface area contributed by atoms with Crippen LogP contribution in [0.3, 0.4) is 0 Å². The van der Waals surface area contributed by atoms with Gasteiger partial charge in [-0.25, -0.2) is 4.79 Å². The normalized spacial score (nSPS) is 13.5. The predicted octanol–water partition coefficient (Wildman–Crippen LogP) is 15.5. The summed E-state index contributed by atoms with van der Waals surface area (Å²) >= 11 is 6.46. The van der Waals surface area contributed by atoms with Crippen molar-refractivity contribution in [3.05, 3.63) is 113 Å². The van der Waals surface area contributed by atoms with Crippen LogP contribution in [0.1, 0.15) is 177 Å². The van der Waals surface area contributed by atoms with Crippen LogP contribution in [0.4, 0.5) is 11.4 Å². The third kappa shape index (κ3) is 12.6. The first kappa shape index (κ1) is 54.7. The highest BCUT2D eigenvalue weighted by Gasteiger charge is 2.36. The van der Waals surface area contributed by atoms with E-state index in [9.17, 15) is 24.8 Å². The number of hydrogen-bond acceptors (Lipinski definition) is 10. The second-order valence-electron chi connectivity index (χ2n) is 19.8. The number of nitrogens with zero attached hydrogens (tertiary/aromatic N) is 3. The molecule has 1 aliphatic rings. The van der Waals surface area contributed by atoms with E-state index in [2.05, 4.69) is 107 Å². The SMILES string of the molecule is CCCCCCc1cc(-c2sc(-c3sc(-c4ccc5c(c4)C(C)(C)c4ccccc4N5CCCCCC)cc3CCCCCC)cc2CCCCCC)sc1/C=c1/s/c(=C(\C#N)C(=O)O)n(COC=O)c1=O. The molecule has 7 rings (SSSR count). The minimum absolute atomic E-state index is 0.0494. The fourth-order valence-corrected chi connectivity index (χ4v) is 15.1. The number of rotatable bonds is 28. The maximum absolute atomic E-state index is 13.9. The second kappa shape index (κ2) is 26.2. The van der Waals surface area contributed by atoms with Gasteiger partial charge in [-0.15, -0.1) is 45.3 Å². The van der Waals surface area contributed by atoms with Crippen LogP contribution < -0.4 is 19.7 Å². The zero-order chi connectivity index (χ0) is 51.2. The monoisotopic (exact) mass is 1040 g/mol. The Morgan fingerprint density at radius 2 is 1.24 bits per heavy atom. The Bertz CT molecular complexity index is 3030. The van der Waals surface area contributed by atoms with E-state index in [-0.39, 0.29) is 21.1 Å². The number of carboxylic acid groups (broad SMARTS) is 1. The molecule has 0 spiro atoms. The maximum Gasteiger partial charge on any atom is 0.349 e. The minimum Gasteiger partial charge on any atom is -0.477 e. The summed E-state index contributed by atoms with van der Waals surface area (Å²) in [5.74, 6) is -1.44. The second-order valence-corrected chi connectivity index (χ2v) is 24.0. The van der Waals surface area contributed by atoms with E-state index in [1.54, 1.807) is 17.4 Å². The van der Waals surface area contributed by atoms with Gasteiger partial charge in [0, 0.05) is 52.6 Å². The first-order valence-electron chi connectivity index (χ1n) is 26.5. The number of anilines is 2. The van der Waals surface area contributed by atoms with Crippen LogP contribution >= 0.6 is 45.3 Å². The average Bonchev–Trinajstić information content (AvgIpc) is 4.17. The van der Waals surface area contributed by atoms with Crippen molar-refractivity contribution in [2.75, 3.05) is 11.4 Å². The van der Waals surface area contributed by atoms with Crippen molar-refractivity contribution in [1.29, 1.82) is 5.26 Å². The fourth-order valence-electron chi connectivity index (χ4n) is 10.1. The first-order valence-corrected chi connectivity index (χ1v) is 29.8. The number of thiazole rings is 1. The molecular weight excluding hydrogens is 971 g/mol. The maximum atomic E-state index is 13.9. The van der Waals surface area contributed by atoms with Crippen LogP contribution in [0.2, 0.25) is 0 Å². The van der Waals surface area contributed by atoms with Crippen molar-refractivity contribution < 1.29 is 19.4 Å². The van der Waals surface area contributed by atoms with Crippen LogP contribution in [-0.2, 0) is 45.7 Å². The molecule has 12 heteroatoms. The summed E-state index contributed by atoms with van der Waals surface area (Å²) in [4.78, 5) is 47.2. The molecule has 0 radical (unpaired) electrons. The summed E-state index contributed by atoms with van der Waals surface area (Å²) in [5, 5.41) is 19.7. The number of carbonyl (C=O) groups is 2. The van der Waals surface area contributed by atoms with Crippen molar-refractivity contribution in [1.82, 2.24) is 4.57 Å². The lowest BCUT2D eigenvalue weighted by atomic mass is 9.73. The Hall–Kier alpha value is -5.06. The van der Waals surface area contributed by atoms with Gasteiger partial charge in [0.2, 0.25) is 0 Å². The van der Waals surface area contributed by atoms with Crippen LogP contribution in [0, 0.1) is 11.3 Å². The Balaban J connectivity index is 1.35. The van der Waals surface area contributed by atoms with Gasteiger partial charge in [0.1, 0.15) is 10.7 Å². The molecule has 1 N–H and O–H groups in total. The molecule has 8 nitrogen and oxygen atoms in total. The van der Waals surface area contributed by atoms with E-state index >= 15 is 0 Å². The van der Waals surface area contributed by atoms with Gasteiger partial charge in [-0.3, -0.25) is 14.2 Å². The number of aryl methyl sites for hydroxylation is 3. The van der Waals surface area contributed by atoms with E-state index in [1.807, 2.05) is 28.7 Å². The van der Waals surface area contributed by atoms with Gasteiger partial charge < -0.3 is 14.7 Å². The van der Waals surface area contributed by atoms with Crippen molar-refractivity contribution in [3.8, 4) is 36.0 Å². The number of fused-ring (bicyclic) bond motifs is 2. The fraction of sp³-hybridized carbons (Fsp3) is 0.467. The molecule has 6 aromatic rings. The molecule has 1 aliphatic heterocycles. The summed E-state index contributed by atoms with van der Waals surface area (Å²) in [6.07, 6.45) is 23.4. The smallest absolute Gasteiger partial charge is 0.349 e. The van der Waals surface area contributed by atoms with Gasteiger partial charge in [0.15, 0.2) is 12.3 Å². The Morgan fingerprint density at radius 1 is 0.681 bits per heavy atom. The lowest BCUT2D eigenvalue weighted by Gasteiger charge is -2.42. The molecule has 382 valence electrons. The average molecular weight is 1040 g/mol. The number of nitriles is 1. The molecule has 72 heavy (non-hydrogen) atoms. The molecular formula is C60H73N3O5S4. The lowest BCUT2D eigenvalue weighted by Crippen LogP contribution is -2.33. The molecule has 4 aromatic heterocycles. The summed E-state index contributed by atoms with van der Waals surface area (Å²) in [7, 11) is 0. The molecule has 0 saturated heterocycles. The predicted molar refractivity (Wildman–Crippen MR) is 305 cm³/mol. The number of ether oxygens (including phenoxy) is 1. The molecule has 0 fully saturated rings. The molecule has 0 aliphatic carbocycles. The molecule has 0 amide bonds. The third-order valence-electron chi connectivity index (χ3n) is 14.1. The van der Waals surface area contributed by atoms with Crippen molar-refractivity contribution in [2.45, 2.75) is 176 Å². The van der Waals surface area contributed by atoms with E-state index in [0.29, 0.717) is 0 Å². The van der Waals surface area contributed by atoms with Gasteiger partial charge in [-0.2, -0.15) is 5.26 Å². The standard InChI is InChI=1S/C60H73N3O5S4/c1-7-11-15-19-25-41-34-52(69-51(41)37-54-57(65)63(39-68-40-64)58(72-54)45(38-61)59(66)67)55-44(27-21-17-13-9-3)36-53(71-55)56-43(26-20-16-12-8-2)35-50(70-56)42-30-31-49-47(33-42)60(5,6)46-28-22-23-29-48(46)62(49)32-24-18-14-10-4/h22-23,28-31,33-37,40H,7-21,24-27,32,39H2,1-6H3,(H,66,67)/b54-37+,58-45+. The van der Waals surface area contributed by atoms with Gasteiger partial charge in [-0.1, -0.05) is 143 Å². The minimum atomic E-state index is -1.44. The van der Waals surface area contributed by atoms with Gasteiger partial charge in [0.25, 0.3) is 12.0 Å². The number of thiophene rings is 3. The molecule has 0 saturated carbocycles. The van der Waals surface area contributed by atoms with Crippen LogP contribution in [0.5, 0.6) is 0 Å². The highest BCUT2D eigenvalue weighted by Crippen LogP contribution is 2.52. The number of benzene rings is 2. The van der Waals surface area contributed by atoms with E-state index < -0.39 is 23.8 Å². The highest BCUT2D eigenvalue weighted by atomic mass is 32.1. The van der Waals surface area contributed by atoms with Crippen molar-refractivity contribution in [3.63, 3.8) is 0 Å². The molecule has 0 atom stereocenters. The Morgan fingerprint density at radius 3 is 1.85 bits per heavy atom. The zero-order valence-corrected chi connectivity index (χ0v) is 46.6. The number of hydrogen-bond donors (Lipinski definition) is 1. The molecule has 0 unspecified atom stereocenters. The number of unbranched alkanes of at least 4 members (excludes halogenated alkanes) is 12. The quantitative estimate of drug-likeness (QED) is 0.0385. The number of carbonyl (C=O) groups excluding carboxylic acids is 1. The summed E-state index contributed by atoms with van der Waals surface area (Å²) in [6, 6.07) is 25.3. The number of aliphatic carboxylic acids is 1. The topological polar surface area (TPSA) is 113 Å². The molecule has 5 heterocycles. The van der Waals surface area contributed by atoms with Gasteiger partial charge in [0.05, 0.1) is 4.53 Å². The Kier molecular flexibility index (Phi) is 19.9. The lowest BCUT2D eigenvalue weighted by molar-refractivity contribution is -0.132. The largest absolute Gasteiger partial charge is 0.477 e. The van der Waals surface area contributed by atoms with Crippen LogP contribution in [0.25, 0.3) is 41.6 Å². The van der Waals surface area contributed by atoms with Crippen LogP contribution in [0.15, 0.2) is 65.5 Å². The van der Waals surface area contributed by atoms with Crippen LogP contribution in [-0.4, -0.2) is 28.7 Å². The molecule has 0 bridgehead atoms. The number of aromatic nitrogens is 1. The highest BCUT2D eigenvalue weighted by molar-refractivity contribution is 7.27. The molecule has 2 aromatic carbocycles. The Labute approximate surface area is 443 Å².